The number of fused-ring (bicyclic) bond motifs is 1. The lowest BCUT2D eigenvalue weighted by Gasteiger charge is -2.25. The number of hydrogen-bond acceptors (Lipinski definition) is 2. The average molecular weight is 247 g/mol. The molecule has 4 nitrogen and oxygen atoms in total. The molecule has 2 rings (SSSR count). The first-order valence-corrected chi connectivity index (χ1v) is 6.13. The highest BCUT2D eigenvalue weighted by Crippen LogP contribution is 2.36. The van der Waals surface area contributed by atoms with Crippen molar-refractivity contribution in [2.24, 2.45) is 0 Å². The summed E-state index contributed by atoms with van der Waals surface area (Å²) in [5.41, 5.74) is 2.87. The van der Waals surface area contributed by atoms with Crippen LogP contribution in [-0.4, -0.2) is 17.0 Å². The summed E-state index contributed by atoms with van der Waals surface area (Å²) in [7, 11) is 0. The van der Waals surface area contributed by atoms with Gasteiger partial charge >= 0.3 is 5.97 Å². The molecule has 0 aromatic heterocycles. The highest BCUT2D eigenvalue weighted by Gasteiger charge is 2.27. The number of carbonyl (C=O) groups is 2. The molecular weight excluding hydrogens is 230 g/mol. The number of carbonyl (C=O) groups excluding carboxylic acids is 1. The molecule has 1 aromatic rings. The van der Waals surface area contributed by atoms with E-state index in [2.05, 4.69) is 19.2 Å². The summed E-state index contributed by atoms with van der Waals surface area (Å²) in [5.74, 6) is -0.801. The predicted octanol–water partition coefficient (Wildman–Crippen LogP) is 2.71. The minimum absolute atomic E-state index is 0.00195. The highest BCUT2D eigenvalue weighted by atomic mass is 16.4. The summed E-state index contributed by atoms with van der Waals surface area (Å²) in [5, 5.41) is 11.7. The van der Waals surface area contributed by atoms with E-state index in [1.54, 1.807) is 0 Å². The molecule has 4 heteroatoms. The largest absolute Gasteiger partial charge is 0.481 e. The number of carboxylic acids is 1. The molecule has 0 spiro atoms. The maximum absolute atomic E-state index is 11.5. The topological polar surface area (TPSA) is 66.4 Å². The van der Waals surface area contributed by atoms with Gasteiger partial charge in [0, 0.05) is 18.0 Å². The fourth-order valence-corrected chi connectivity index (χ4v) is 2.32. The van der Waals surface area contributed by atoms with Gasteiger partial charge in [0.1, 0.15) is 0 Å². The minimum atomic E-state index is -0.865. The molecule has 2 N–H and O–H groups in total. The Bertz CT molecular complexity index is 494. The Hall–Kier alpha value is -1.84. The Kier molecular flexibility index (Phi) is 3.36. The molecule has 1 aliphatic heterocycles. The zero-order valence-electron chi connectivity index (χ0n) is 10.6. The van der Waals surface area contributed by atoms with Crippen molar-refractivity contribution in [3.8, 4) is 0 Å². The van der Waals surface area contributed by atoms with E-state index < -0.39 is 5.97 Å². The molecule has 0 bridgehead atoms. The van der Waals surface area contributed by atoms with Gasteiger partial charge in [-0.25, -0.2) is 0 Å². The van der Waals surface area contributed by atoms with Crippen LogP contribution in [0.25, 0.3) is 0 Å². The third-order valence-corrected chi connectivity index (χ3v) is 3.31. The first-order chi connectivity index (χ1) is 8.47. The van der Waals surface area contributed by atoms with Gasteiger partial charge in [-0.1, -0.05) is 26.0 Å². The second-order valence-electron chi connectivity index (χ2n) is 5.05. The fourth-order valence-electron chi connectivity index (χ4n) is 2.32. The van der Waals surface area contributed by atoms with E-state index in [9.17, 15) is 9.59 Å². The van der Waals surface area contributed by atoms with E-state index in [1.165, 1.54) is 5.56 Å². The number of hydrogen-bond donors (Lipinski definition) is 2. The monoisotopic (exact) mass is 247 g/mol. The lowest BCUT2D eigenvalue weighted by Crippen LogP contribution is -2.24. The van der Waals surface area contributed by atoms with Gasteiger partial charge in [0.2, 0.25) is 5.91 Å². The summed E-state index contributed by atoms with van der Waals surface area (Å²) < 4.78 is 0. The maximum Gasteiger partial charge on any atom is 0.303 e. The molecular formula is C14H17NO3. The second kappa shape index (κ2) is 4.80. The Labute approximate surface area is 106 Å². The van der Waals surface area contributed by atoms with Crippen LogP contribution in [0, 0.1) is 0 Å². The molecule has 1 aromatic carbocycles. The molecule has 1 heterocycles. The third kappa shape index (κ3) is 2.53. The SMILES string of the molecule is CC(C)c1ccc2c(c1)C(CC(=O)O)CC(=O)N2. The van der Waals surface area contributed by atoms with Gasteiger partial charge in [-0.2, -0.15) is 0 Å². The average Bonchev–Trinajstić information content (AvgIpc) is 2.27. The van der Waals surface area contributed by atoms with Crippen LogP contribution in [0.5, 0.6) is 0 Å². The predicted molar refractivity (Wildman–Crippen MR) is 68.8 cm³/mol. The number of aliphatic carboxylic acids is 1. The summed E-state index contributed by atoms with van der Waals surface area (Å²) >= 11 is 0. The van der Waals surface area contributed by atoms with Gasteiger partial charge in [0.05, 0.1) is 6.42 Å². The van der Waals surface area contributed by atoms with Gasteiger partial charge in [-0.3, -0.25) is 9.59 Å². The maximum atomic E-state index is 11.5. The second-order valence-corrected chi connectivity index (χ2v) is 5.05. The van der Waals surface area contributed by atoms with E-state index in [-0.39, 0.29) is 24.7 Å². The Morgan fingerprint density at radius 3 is 2.83 bits per heavy atom. The zero-order chi connectivity index (χ0) is 13.3. The van der Waals surface area contributed by atoms with Crippen molar-refractivity contribution in [3.63, 3.8) is 0 Å². The van der Waals surface area contributed by atoms with Crippen molar-refractivity contribution in [2.45, 2.75) is 38.5 Å². The highest BCUT2D eigenvalue weighted by molar-refractivity contribution is 5.95. The van der Waals surface area contributed by atoms with Gasteiger partial charge in [-0.05, 0) is 23.1 Å². The summed E-state index contributed by atoms with van der Waals surface area (Å²) in [6, 6.07) is 5.87. The molecule has 18 heavy (non-hydrogen) atoms. The van der Waals surface area contributed by atoms with Crippen molar-refractivity contribution >= 4 is 17.6 Å². The third-order valence-electron chi connectivity index (χ3n) is 3.31. The molecule has 1 amide bonds. The number of carboxylic acid groups (broad SMARTS) is 1. The number of benzene rings is 1. The summed E-state index contributed by atoms with van der Waals surface area (Å²) in [4.78, 5) is 22.4. The minimum Gasteiger partial charge on any atom is -0.481 e. The van der Waals surface area contributed by atoms with Crippen LogP contribution in [-0.2, 0) is 9.59 Å². The smallest absolute Gasteiger partial charge is 0.303 e. The van der Waals surface area contributed by atoms with E-state index in [0.29, 0.717) is 5.92 Å². The Balaban J connectivity index is 2.40. The van der Waals surface area contributed by atoms with Crippen LogP contribution in [0.1, 0.15) is 49.7 Å². The van der Waals surface area contributed by atoms with Crippen LogP contribution >= 0.6 is 0 Å². The quantitative estimate of drug-likeness (QED) is 0.863. The van der Waals surface area contributed by atoms with Crippen LogP contribution in [0.4, 0.5) is 5.69 Å². The summed E-state index contributed by atoms with van der Waals surface area (Å²) in [6.07, 6.45) is 0.253. The molecule has 1 unspecified atom stereocenters. The van der Waals surface area contributed by atoms with Crippen molar-refractivity contribution in [2.75, 3.05) is 5.32 Å². The number of amides is 1. The molecule has 96 valence electrons. The molecule has 0 radical (unpaired) electrons. The van der Waals surface area contributed by atoms with Crippen LogP contribution in [0.3, 0.4) is 0 Å². The first-order valence-electron chi connectivity index (χ1n) is 6.13. The molecule has 0 saturated heterocycles. The van der Waals surface area contributed by atoms with Crippen LogP contribution < -0.4 is 5.32 Å². The molecule has 0 aliphatic carbocycles. The van der Waals surface area contributed by atoms with Gasteiger partial charge < -0.3 is 10.4 Å². The van der Waals surface area contributed by atoms with E-state index >= 15 is 0 Å². The lowest BCUT2D eigenvalue weighted by molar-refractivity contribution is -0.137. The van der Waals surface area contributed by atoms with E-state index in [1.807, 2.05) is 18.2 Å². The summed E-state index contributed by atoms with van der Waals surface area (Å²) in [6.45, 7) is 4.19. The van der Waals surface area contributed by atoms with Crippen molar-refractivity contribution < 1.29 is 14.7 Å². The van der Waals surface area contributed by atoms with Crippen molar-refractivity contribution in [3.05, 3.63) is 29.3 Å². The van der Waals surface area contributed by atoms with Crippen LogP contribution in [0.15, 0.2) is 18.2 Å². The van der Waals surface area contributed by atoms with Crippen molar-refractivity contribution in [1.82, 2.24) is 0 Å². The number of anilines is 1. The van der Waals surface area contributed by atoms with E-state index in [4.69, 9.17) is 5.11 Å². The van der Waals surface area contributed by atoms with Crippen LogP contribution in [0.2, 0.25) is 0 Å². The number of nitrogens with one attached hydrogen (secondary N) is 1. The van der Waals surface area contributed by atoms with Crippen molar-refractivity contribution in [1.29, 1.82) is 0 Å². The number of rotatable bonds is 3. The Morgan fingerprint density at radius 2 is 2.22 bits per heavy atom. The van der Waals surface area contributed by atoms with Gasteiger partial charge in [-0.15, -0.1) is 0 Å². The zero-order valence-corrected chi connectivity index (χ0v) is 10.6. The first kappa shape index (κ1) is 12.6. The molecule has 1 aliphatic rings. The molecule has 1 atom stereocenters. The molecule has 0 saturated carbocycles. The standard InChI is InChI=1S/C14H17NO3/c1-8(2)9-3-4-12-11(5-9)10(7-14(17)18)6-13(16)15-12/h3-5,8,10H,6-7H2,1-2H3,(H,15,16)(H,17,18). The Morgan fingerprint density at radius 1 is 1.50 bits per heavy atom. The molecule has 0 fully saturated rings. The van der Waals surface area contributed by atoms with Gasteiger partial charge in [0.15, 0.2) is 0 Å². The normalized spacial score (nSPS) is 18.4. The lowest BCUT2D eigenvalue weighted by atomic mass is 9.85. The van der Waals surface area contributed by atoms with E-state index in [0.717, 1.165) is 11.3 Å². The fraction of sp³-hybridized carbons (Fsp3) is 0.429. The van der Waals surface area contributed by atoms with Gasteiger partial charge in [0.25, 0.3) is 0 Å².